The Morgan fingerprint density at radius 2 is 2.00 bits per heavy atom. The van der Waals surface area contributed by atoms with Crippen LogP contribution >= 0.6 is 0 Å². The first-order chi connectivity index (χ1) is 6.70. The van der Waals surface area contributed by atoms with Crippen molar-refractivity contribution in [2.75, 3.05) is 6.79 Å². The monoisotopic (exact) mass is 196 g/mol. The van der Waals surface area contributed by atoms with Gasteiger partial charge in [-0.2, -0.15) is 0 Å². The number of phenolic OH excluding ortho intramolecular Hbond substituents is 1. The fraction of sp³-hybridized carbons (Fsp3) is 0.100. The van der Waals surface area contributed by atoms with Crippen LogP contribution in [0.5, 0.6) is 5.75 Å². The van der Waals surface area contributed by atoms with E-state index in [1.54, 1.807) is 24.3 Å². The summed E-state index contributed by atoms with van der Waals surface area (Å²) >= 11 is 0. The minimum Gasteiger partial charge on any atom is -0.508 e. The Kier molecular flexibility index (Phi) is 6.81. The lowest BCUT2D eigenvalue weighted by Crippen LogP contribution is -1.99. The van der Waals surface area contributed by atoms with Crippen LogP contribution in [-0.2, 0) is 9.53 Å². The summed E-state index contributed by atoms with van der Waals surface area (Å²) in [6, 6.07) is 8.71. The van der Waals surface area contributed by atoms with Crippen LogP contribution in [0.25, 0.3) is 0 Å². The molecular formula is C10H12O4. The van der Waals surface area contributed by atoms with Gasteiger partial charge in [-0.25, -0.2) is 4.79 Å². The van der Waals surface area contributed by atoms with E-state index in [-0.39, 0.29) is 0 Å². The van der Waals surface area contributed by atoms with E-state index in [9.17, 15) is 4.79 Å². The molecule has 0 aliphatic rings. The first-order valence-corrected chi connectivity index (χ1v) is 3.84. The number of carbonyl (C=O) groups excluding carboxylic acids is 1. The van der Waals surface area contributed by atoms with E-state index >= 15 is 0 Å². The third-order valence-electron chi connectivity index (χ3n) is 1.13. The molecule has 0 fully saturated rings. The van der Waals surface area contributed by atoms with Crippen molar-refractivity contribution < 1.29 is 19.7 Å². The number of aromatic hydroxyl groups is 1. The summed E-state index contributed by atoms with van der Waals surface area (Å²) < 4.78 is 3.99. The van der Waals surface area contributed by atoms with Gasteiger partial charge in [0, 0.05) is 6.08 Å². The van der Waals surface area contributed by atoms with Crippen molar-refractivity contribution in [3.8, 4) is 5.75 Å². The number of rotatable bonds is 2. The highest BCUT2D eigenvalue weighted by Crippen LogP contribution is 2.02. The van der Waals surface area contributed by atoms with Gasteiger partial charge in [-0.3, -0.25) is 0 Å². The topological polar surface area (TPSA) is 66.8 Å². The van der Waals surface area contributed by atoms with Gasteiger partial charge < -0.3 is 14.9 Å². The first kappa shape index (κ1) is 12.2. The fourth-order valence-corrected chi connectivity index (χ4v) is 0.551. The lowest BCUT2D eigenvalue weighted by atomic mass is 10.3. The van der Waals surface area contributed by atoms with E-state index in [4.69, 9.17) is 10.2 Å². The fourth-order valence-electron chi connectivity index (χ4n) is 0.551. The van der Waals surface area contributed by atoms with Crippen LogP contribution < -0.4 is 0 Å². The summed E-state index contributed by atoms with van der Waals surface area (Å²) in [5.74, 6) is -0.287. The van der Waals surface area contributed by atoms with Crippen LogP contribution in [0.2, 0.25) is 0 Å². The number of carbonyl (C=O) groups is 1. The Morgan fingerprint density at radius 1 is 1.43 bits per heavy atom. The predicted octanol–water partition coefficient (Wildman–Crippen LogP) is 1.06. The van der Waals surface area contributed by atoms with Gasteiger partial charge in [-0.1, -0.05) is 24.8 Å². The van der Waals surface area contributed by atoms with Crippen LogP contribution in [0.15, 0.2) is 43.0 Å². The Morgan fingerprint density at radius 3 is 2.21 bits per heavy atom. The summed E-state index contributed by atoms with van der Waals surface area (Å²) in [7, 11) is 0. The third-order valence-corrected chi connectivity index (χ3v) is 1.13. The molecule has 0 spiro atoms. The number of phenols is 1. The van der Waals surface area contributed by atoms with Gasteiger partial charge in [0.1, 0.15) is 5.75 Å². The SMILES string of the molecule is C=CC(=O)OCO.Oc1ccccc1. The molecule has 0 saturated carbocycles. The van der Waals surface area contributed by atoms with E-state index in [0.29, 0.717) is 5.75 Å². The highest BCUT2D eigenvalue weighted by molar-refractivity contribution is 5.81. The highest BCUT2D eigenvalue weighted by Gasteiger charge is 1.87. The van der Waals surface area contributed by atoms with Crippen LogP contribution in [0.3, 0.4) is 0 Å². The quantitative estimate of drug-likeness (QED) is 0.421. The first-order valence-electron chi connectivity index (χ1n) is 3.84. The van der Waals surface area contributed by atoms with Gasteiger partial charge in [0.05, 0.1) is 0 Å². The maximum Gasteiger partial charge on any atom is 0.332 e. The number of esters is 1. The number of ether oxygens (including phenoxy) is 1. The molecule has 0 amide bonds. The van der Waals surface area contributed by atoms with Gasteiger partial charge in [-0.05, 0) is 12.1 Å². The minimum atomic E-state index is -0.609. The van der Waals surface area contributed by atoms with Crippen molar-refractivity contribution in [3.63, 3.8) is 0 Å². The molecule has 1 rings (SSSR count). The molecule has 0 atom stereocenters. The van der Waals surface area contributed by atoms with E-state index in [1.807, 2.05) is 6.07 Å². The average molecular weight is 196 g/mol. The van der Waals surface area contributed by atoms with E-state index in [1.165, 1.54) is 0 Å². The minimum absolute atomic E-state index is 0.322. The Balaban J connectivity index is 0.000000241. The molecule has 0 aliphatic heterocycles. The van der Waals surface area contributed by atoms with Crippen LogP contribution in [-0.4, -0.2) is 23.0 Å². The maximum absolute atomic E-state index is 9.91. The Hall–Kier alpha value is -1.81. The molecule has 4 heteroatoms. The number of aliphatic hydroxyl groups is 1. The Bertz CT molecular complexity index is 269. The van der Waals surface area contributed by atoms with Gasteiger partial charge in [-0.15, -0.1) is 0 Å². The molecular weight excluding hydrogens is 184 g/mol. The molecule has 0 aromatic heterocycles. The summed E-state index contributed by atoms with van der Waals surface area (Å²) in [6.45, 7) is 2.52. The molecule has 0 unspecified atom stereocenters. The van der Waals surface area contributed by atoms with Crippen LogP contribution in [0.4, 0.5) is 0 Å². The van der Waals surface area contributed by atoms with Gasteiger partial charge in [0.25, 0.3) is 0 Å². The van der Waals surface area contributed by atoms with Crippen molar-refractivity contribution in [1.29, 1.82) is 0 Å². The number of aliphatic hydroxyl groups excluding tert-OH is 1. The number of hydrogen-bond acceptors (Lipinski definition) is 4. The van der Waals surface area contributed by atoms with Crippen molar-refractivity contribution >= 4 is 5.97 Å². The normalized spacial score (nSPS) is 8.07. The molecule has 1 aromatic carbocycles. The number of para-hydroxylation sites is 1. The maximum atomic E-state index is 9.91. The molecule has 0 aliphatic carbocycles. The molecule has 0 radical (unpaired) electrons. The van der Waals surface area contributed by atoms with Crippen molar-refractivity contribution in [2.45, 2.75) is 0 Å². The highest BCUT2D eigenvalue weighted by atomic mass is 16.6. The smallest absolute Gasteiger partial charge is 0.332 e. The largest absolute Gasteiger partial charge is 0.508 e. The molecule has 0 saturated heterocycles. The number of hydrogen-bond donors (Lipinski definition) is 2. The van der Waals surface area contributed by atoms with Crippen molar-refractivity contribution in [3.05, 3.63) is 43.0 Å². The molecule has 0 heterocycles. The molecule has 1 aromatic rings. The lowest BCUT2D eigenvalue weighted by Gasteiger charge is -1.89. The third kappa shape index (κ3) is 6.87. The van der Waals surface area contributed by atoms with E-state index < -0.39 is 12.8 Å². The zero-order valence-electron chi connectivity index (χ0n) is 7.59. The van der Waals surface area contributed by atoms with Gasteiger partial charge in [0.15, 0.2) is 6.79 Å². The predicted molar refractivity (Wildman–Crippen MR) is 51.5 cm³/mol. The van der Waals surface area contributed by atoms with Crippen molar-refractivity contribution in [2.24, 2.45) is 0 Å². The van der Waals surface area contributed by atoms with Gasteiger partial charge >= 0.3 is 5.97 Å². The number of benzene rings is 1. The standard InChI is InChI=1S/C6H6O.C4H6O3/c7-6-4-2-1-3-5-6;1-2-4(6)7-3-5/h1-5,7H;2,5H,1,3H2. The van der Waals surface area contributed by atoms with Gasteiger partial charge in [0.2, 0.25) is 0 Å². The second kappa shape index (κ2) is 7.82. The molecule has 76 valence electrons. The molecule has 2 N–H and O–H groups in total. The lowest BCUT2D eigenvalue weighted by molar-refractivity contribution is -0.145. The summed E-state index contributed by atoms with van der Waals surface area (Å²) in [5, 5.41) is 16.5. The van der Waals surface area contributed by atoms with Crippen LogP contribution in [0.1, 0.15) is 0 Å². The zero-order valence-corrected chi connectivity index (χ0v) is 7.59. The summed E-state index contributed by atoms with van der Waals surface area (Å²) in [6.07, 6.45) is 0.982. The van der Waals surface area contributed by atoms with E-state index in [2.05, 4.69) is 11.3 Å². The zero-order chi connectivity index (χ0) is 10.8. The van der Waals surface area contributed by atoms with Crippen LogP contribution in [0, 0.1) is 0 Å². The second-order valence-electron chi connectivity index (χ2n) is 2.13. The van der Waals surface area contributed by atoms with Crippen molar-refractivity contribution in [1.82, 2.24) is 0 Å². The average Bonchev–Trinajstić information content (AvgIpc) is 2.20. The molecule has 0 bridgehead atoms. The summed E-state index contributed by atoms with van der Waals surface area (Å²) in [4.78, 5) is 9.91. The molecule has 4 nitrogen and oxygen atoms in total. The summed E-state index contributed by atoms with van der Waals surface area (Å²) in [5.41, 5.74) is 0. The Labute approximate surface area is 82.1 Å². The molecule has 14 heavy (non-hydrogen) atoms. The second-order valence-corrected chi connectivity index (χ2v) is 2.13. The van der Waals surface area contributed by atoms with E-state index in [0.717, 1.165) is 6.08 Å².